The molecule has 15 heavy (non-hydrogen) atoms. The number of carbonyl (C=O) groups is 1. The number of halogens is 2. The molecule has 1 aromatic rings. The van der Waals surface area contributed by atoms with Crippen molar-refractivity contribution >= 4 is 11.6 Å². The molecule has 1 aliphatic heterocycles. The number of hydrogen-bond donors (Lipinski definition) is 1. The van der Waals surface area contributed by atoms with E-state index in [4.69, 9.17) is 5.73 Å². The van der Waals surface area contributed by atoms with Crippen LogP contribution in [0.4, 0.5) is 14.5 Å². The second-order valence-electron chi connectivity index (χ2n) is 3.47. The van der Waals surface area contributed by atoms with Gasteiger partial charge in [0.15, 0.2) is 11.6 Å². The Labute approximate surface area is 85.5 Å². The first-order chi connectivity index (χ1) is 7.11. The van der Waals surface area contributed by atoms with E-state index in [-0.39, 0.29) is 11.3 Å². The van der Waals surface area contributed by atoms with Crippen LogP contribution in [0.1, 0.15) is 16.8 Å². The maximum atomic E-state index is 13.3. The highest BCUT2D eigenvalue weighted by atomic mass is 19.2. The molecule has 5 heteroatoms. The van der Waals surface area contributed by atoms with Crippen LogP contribution in [0.5, 0.6) is 0 Å². The maximum absolute atomic E-state index is 13.3. The lowest BCUT2D eigenvalue weighted by atomic mass is 10.1. The zero-order valence-corrected chi connectivity index (χ0v) is 7.96. The average molecular weight is 212 g/mol. The number of benzene rings is 1. The standard InChI is InChI=1S/C10H10F2N2O/c11-6-2-3-7(13)8(9(6)12)10(15)14-4-1-5-14/h2-3H,1,4-5,13H2. The highest BCUT2D eigenvalue weighted by Crippen LogP contribution is 2.22. The number of nitrogens with zero attached hydrogens (tertiary/aromatic N) is 1. The van der Waals surface area contributed by atoms with Gasteiger partial charge in [-0.05, 0) is 18.6 Å². The predicted molar refractivity (Wildman–Crippen MR) is 51.3 cm³/mol. The topological polar surface area (TPSA) is 46.3 Å². The third kappa shape index (κ3) is 1.54. The number of rotatable bonds is 1. The Morgan fingerprint density at radius 3 is 2.53 bits per heavy atom. The van der Waals surface area contributed by atoms with E-state index in [1.807, 2.05) is 0 Å². The quantitative estimate of drug-likeness (QED) is 0.715. The molecule has 0 spiro atoms. The number of amides is 1. The van der Waals surface area contributed by atoms with E-state index < -0.39 is 17.5 Å². The molecule has 0 aromatic heterocycles. The van der Waals surface area contributed by atoms with Crippen molar-refractivity contribution in [1.82, 2.24) is 4.90 Å². The van der Waals surface area contributed by atoms with E-state index in [1.54, 1.807) is 0 Å². The van der Waals surface area contributed by atoms with Gasteiger partial charge in [0.05, 0.1) is 0 Å². The maximum Gasteiger partial charge on any atom is 0.259 e. The summed E-state index contributed by atoms with van der Waals surface area (Å²) >= 11 is 0. The Kier molecular flexibility index (Phi) is 2.30. The Morgan fingerprint density at radius 1 is 1.33 bits per heavy atom. The summed E-state index contributed by atoms with van der Waals surface area (Å²) in [4.78, 5) is 13.1. The third-order valence-electron chi connectivity index (χ3n) is 2.48. The molecular weight excluding hydrogens is 202 g/mol. The van der Waals surface area contributed by atoms with Gasteiger partial charge in [-0.3, -0.25) is 4.79 Å². The fourth-order valence-electron chi connectivity index (χ4n) is 1.46. The lowest BCUT2D eigenvalue weighted by molar-refractivity contribution is 0.0647. The van der Waals surface area contributed by atoms with Crippen molar-refractivity contribution in [3.63, 3.8) is 0 Å². The minimum Gasteiger partial charge on any atom is -0.398 e. The summed E-state index contributed by atoms with van der Waals surface area (Å²) in [6.07, 6.45) is 0.891. The van der Waals surface area contributed by atoms with E-state index >= 15 is 0 Å². The third-order valence-corrected chi connectivity index (χ3v) is 2.48. The highest BCUT2D eigenvalue weighted by molar-refractivity contribution is 5.99. The van der Waals surface area contributed by atoms with Crippen LogP contribution in [0.3, 0.4) is 0 Å². The van der Waals surface area contributed by atoms with Gasteiger partial charge in [0.2, 0.25) is 0 Å². The van der Waals surface area contributed by atoms with Crippen molar-refractivity contribution in [3.8, 4) is 0 Å². The van der Waals surface area contributed by atoms with Crippen LogP contribution in [0.2, 0.25) is 0 Å². The predicted octanol–water partition coefficient (Wildman–Crippen LogP) is 1.39. The molecule has 2 N–H and O–H groups in total. The summed E-state index contributed by atoms with van der Waals surface area (Å²) in [5.41, 5.74) is 5.08. The van der Waals surface area contributed by atoms with Crippen molar-refractivity contribution in [3.05, 3.63) is 29.3 Å². The second kappa shape index (κ2) is 3.49. The largest absolute Gasteiger partial charge is 0.398 e. The van der Waals surface area contributed by atoms with Crippen LogP contribution >= 0.6 is 0 Å². The summed E-state index contributed by atoms with van der Waals surface area (Å²) in [5, 5.41) is 0. The van der Waals surface area contributed by atoms with Crippen LogP contribution in [-0.2, 0) is 0 Å². The minimum absolute atomic E-state index is 0.0224. The Morgan fingerprint density at radius 2 is 2.00 bits per heavy atom. The van der Waals surface area contributed by atoms with E-state index in [2.05, 4.69) is 0 Å². The molecule has 0 atom stereocenters. The number of hydrogen-bond acceptors (Lipinski definition) is 2. The molecule has 1 saturated heterocycles. The van der Waals surface area contributed by atoms with Gasteiger partial charge in [-0.15, -0.1) is 0 Å². The van der Waals surface area contributed by atoms with Crippen molar-refractivity contribution in [1.29, 1.82) is 0 Å². The molecular formula is C10H10F2N2O. The lowest BCUT2D eigenvalue weighted by Crippen LogP contribution is -2.42. The molecule has 0 saturated carbocycles. The van der Waals surface area contributed by atoms with Gasteiger partial charge in [-0.25, -0.2) is 8.78 Å². The molecule has 2 rings (SSSR count). The van der Waals surface area contributed by atoms with Gasteiger partial charge < -0.3 is 10.6 Å². The summed E-state index contributed by atoms with van der Waals surface area (Å²) in [6.45, 7) is 1.16. The average Bonchev–Trinajstić information content (AvgIpc) is 2.09. The van der Waals surface area contributed by atoms with Crippen molar-refractivity contribution < 1.29 is 13.6 Å². The molecule has 1 fully saturated rings. The monoisotopic (exact) mass is 212 g/mol. The summed E-state index contributed by atoms with van der Waals surface area (Å²) in [5.74, 6) is -2.74. The van der Waals surface area contributed by atoms with Gasteiger partial charge >= 0.3 is 0 Å². The summed E-state index contributed by atoms with van der Waals surface area (Å²) in [6, 6.07) is 2.11. The highest BCUT2D eigenvalue weighted by Gasteiger charge is 2.27. The fourth-order valence-corrected chi connectivity index (χ4v) is 1.46. The molecule has 1 heterocycles. The first kappa shape index (κ1) is 9.89. The van der Waals surface area contributed by atoms with Crippen LogP contribution in [-0.4, -0.2) is 23.9 Å². The number of nitrogen functional groups attached to an aromatic ring is 1. The molecule has 80 valence electrons. The number of anilines is 1. The Bertz CT molecular complexity index is 416. The second-order valence-corrected chi connectivity index (χ2v) is 3.47. The van der Waals surface area contributed by atoms with Gasteiger partial charge in [0.25, 0.3) is 5.91 Å². The van der Waals surface area contributed by atoms with E-state index in [0.717, 1.165) is 12.5 Å². The zero-order chi connectivity index (χ0) is 11.0. The SMILES string of the molecule is Nc1ccc(F)c(F)c1C(=O)N1CCC1. The number of likely N-dealkylation sites (tertiary alicyclic amines) is 1. The molecule has 0 aliphatic carbocycles. The van der Waals surface area contributed by atoms with Crippen LogP contribution in [0.25, 0.3) is 0 Å². The summed E-state index contributed by atoms with van der Waals surface area (Å²) < 4.78 is 26.2. The molecule has 0 bridgehead atoms. The Balaban J connectivity index is 2.41. The molecule has 1 aliphatic rings. The van der Waals surface area contributed by atoms with E-state index in [9.17, 15) is 13.6 Å². The molecule has 1 amide bonds. The van der Waals surface area contributed by atoms with Gasteiger partial charge in [-0.1, -0.05) is 0 Å². The zero-order valence-electron chi connectivity index (χ0n) is 7.96. The summed E-state index contributed by atoms with van der Waals surface area (Å²) in [7, 11) is 0. The molecule has 3 nitrogen and oxygen atoms in total. The van der Waals surface area contributed by atoms with Gasteiger partial charge in [-0.2, -0.15) is 0 Å². The van der Waals surface area contributed by atoms with E-state index in [1.165, 1.54) is 11.0 Å². The van der Waals surface area contributed by atoms with Gasteiger partial charge in [0.1, 0.15) is 5.56 Å². The van der Waals surface area contributed by atoms with Gasteiger partial charge in [0, 0.05) is 18.8 Å². The van der Waals surface area contributed by atoms with Crippen LogP contribution < -0.4 is 5.73 Å². The number of nitrogens with two attached hydrogens (primary N) is 1. The van der Waals surface area contributed by atoms with E-state index in [0.29, 0.717) is 13.1 Å². The van der Waals surface area contributed by atoms with Crippen molar-refractivity contribution in [2.24, 2.45) is 0 Å². The smallest absolute Gasteiger partial charge is 0.259 e. The normalized spacial score (nSPS) is 14.9. The first-order valence-corrected chi connectivity index (χ1v) is 4.64. The van der Waals surface area contributed by atoms with Crippen molar-refractivity contribution in [2.45, 2.75) is 6.42 Å². The molecule has 1 aromatic carbocycles. The Hall–Kier alpha value is -1.65. The first-order valence-electron chi connectivity index (χ1n) is 4.64. The van der Waals surface area contributed by atoms with Crippen molar-refractivity contribution in [2.75, 3.05) is 18.8 Å². The lowest BCUT2D eigenvalue weighted by Gasteiger charge is -2.31. The molecule has 0 radical (unpaired) electrons. The molecule has 0 unspecified atom stereocenters. The number of carbonyl (C=O) groups excluding carboxylic acids is 1. The minimum atomic E-state index is -1.16. The van der Waals surface area contributed by atoms with Crippen LogP contribution in [0, 0.1) is 11.6 Å². The van der Waals surface area contributed by atoms with Crippen LogP contribution in [0.15, 0.2) is 12.1 Å². The fraction of sp³-hybridized carbons (Fsp3) is 0.300.